The molecule has 0 aliphatic carbocycles. The van der Waals surface area contributed by atoms with Gasteiger partial charge in [0.2, 0.25) is 0 Å². The number of H-pyrrole nitrogens is 1. The lowest BCUT2D eigenvalue weighted by Crippen LogP contribution is -2.42. The van der Waals surface area contributed by atoms with Crippen molar-refractivity contribution in [3.05, 3.63) is 11.8 Å². The topological polar surface area (TPSA) is 95.8 Å². The predicted molar refractivity (Wildman–Crippen MR) is 56.4 cm³/mol. The largest absolute Gasteiger partial charge is 0.383 e. The van der Waals surface area contributed by atoms with Gasteiger partial charge >= 0.3 is 0 Å². The molecule has 0 aromatic carbocycles. The molecule has 0 saturated carbocycles. The molecule has 6 nitrogen and oxygen atoms in total. The second-order valence-corrected chi connectivity index (χ2v) is 3.70. The lowest BCUT2D eigenvalue weighted by Gasteiger charge is -2.23. The summed E-state index contributed by atoms with van der Waals surface area (Å²) in [7, 11) is 0. The van der Waals surface area contributed by atoms with Crippen LogP contribution in [-0.2, 0) is 0 Å². The summed E-state index contributed by atoms with van der Waals surface area (Å²) in [5, 5.41) is 12.4. The highest BCUT2D eigenvalue weighted by Crippen LogP contribution is 2.08. The van der Waals surface area contributed by atoms with E-state index >= 15 is 0 Å². The average molecular weight is 209 g/mol. The van der Waals surface area contributed by atoms with Crippen LogP contribution in [0.15, 0.2) is 6.20 Å². The molecule has 0 spiro atoms. The van der Waals surface area contributed by atoms with E-state index in [-0.39, 0.29) is 11.9 Å². The van der Waals surface area contributed by atoms with Crippen molar-refractivity contribution in [1.82, 2.24) is 20.8 Å². The Balaban J connectivity index is 1.94. The molecule has 1 aromatic heterocycles. The highest BCUT2D eigenvalue weighted by atomic mass is 16.1. The summed E-state index contributed by atoms with van der Waals surface area (Å²) in [4.78, 5) is 11.7. The van der Waals surface area contributed by atoms with Gasteiger partial charge in [0, 0.05) is 6.04 Å². The lowest BCUT2D eigenvalue weighted by molar-refractivity contribution is 0.0930. The molecule has 1 amide bonds. The van der Waals surface area contributed by atoms with Crippen molar-refractivity contribution in [3.8, 4) is 0 Å². The fourth-order valence-electron chi connectivity index (χ4n) is 1.71. The molecule has 0 radical (unpaired) electrons. The van der Waals surface area contributed by atoms with Gasteiger partial charge in [-0.2, -0.15) is 5.10 Å². The monoisotopic (exact) mass is 209 g/mol. The number of aromatic amines is 1. The molecule has 0 bridgehead atoms. The van der Waals surface area contributed by atoms with E-state index < -0.39 is 0 Å². The summed E-state index contributed by atoms with van der Waals surface area (Å²) in [5.41, 5.74) is 5.98. The number of nitrogens with two attached hydrogens (primary N) is 1. The first-order valence-electron chi connectivity index (χ1n) is 5.08. The van der Waals surface area contributed by atoms with Crippen molar-refractivity contribution in [2.24, 2.45) is 0 Å². The van der Waals surface area contributed by atoms with Crippen LogP contribution in [0.25, 0.3) is 0 Å². The first-order valence-corrected chi connectivity index (χ1v) is 5.08. The number of nitrogen functional groups attached to an aromatic ring is 1. The number of rotatable bonds is 2. The summed E-state index contributed by atoms with van der Waals surface area (Å²) < 4.78 is 0. The van der Waals surface area contributed by atoms with Crippen LogP contribution in [-0.4, -0.2) is 35.2 Å². The van der Waals surface area contributed by atoms with Gasteiger partial charge in [-0.15, -0.1) is 0 Å². The quantitative estimate of drug-likeness (QED) is 0.526. The van der Waals surface area contributed by atoms with E-state index in [9.17, 15) is 4.79 Å². The molecule has 1 saturated heterocycles. The highest BCUT2D eigenvalue weighted by molar-refractivity contribution is 5.98. The first kappa shape index (κ1) is 9.97. The Morgan fingerprint density at radius 1 is 1.53 bits per heavy atom. The van der Waals surface area contributed by atoms with Gasteiger partial charge in [0.1, 0.15) is 11.4 Å². The molecule has 1 fully saturated rings. The second kappa shape index (κ2) is 4.31. The highest BCUT2D eigenvalue weighted by Gasteiger charge is 2.18. The molecule has 1 aliphatic heterocycles. The van der Waals surface area contributed by atoms with Crippen molar-refractivity contribution < 1.29 is 4.79 Å². The average Bonchev–Trinajstić information content (AvgIpc) is 2.66. The Bertz CT molecular complexity index is 342. The molecule has 15 heavy (non-hydrogen) atoms. The Hall–Kier alpha value is -1.56. The number of amides is 1. The summed E-state index contributed by atoms with van der Waals surface area (Å²) in [5.74, 6) is 0.176. The van der Waals surface area contributed by atoms with Gasteiger partial charge in [0.25, 0.3) is 5.91 Å². The molecule has 5 N–H and O–H groups in total. The zero-order chi connectivity index (χ0) is 10.7. The molecule has 2 heterocycles. The summed E-state index contributed by atoms with van der Waals surface area (Å²) >= 11 is 0. The van der Waals surface area contributed by atoms with E-state index in [2.05, 4.69) is 20.8 Å². The van der Waals surface area contributed by atoms with Crippen molar-refractivity contribution in [2.45, 2.75) is 18.9 Å². The molecule has 1 aromatic rings. The predicted octanol–water partition coefficient (Wildman–Crippen LogP) is -0.526. The number of carbonyl (C=O) groups excluding carboxylic acids is 1. The maximum atomic E-state index is 11.7. The van der Waals surface area contributed by atoms with Crippen molar-refractivity contribution >= 4 is 11.7 Å². The van der Waals surface area contributed by atoms with E-state index in [4.69, 9.17) is 5.73 Å². The van der Waals surface area contributed by atoms with Crippen molar-refractivity contribution in [1.29, 1.82) is 0 Å². The third kappa shape index (κ3) is 2.27. The normalized spacial score (nSPS) is 17.6. The van der Waals surface area contributed by atoms with E-state index in [0.717, 1.165) is 25.9 Å². The van der Waals surface area contributed by atoms with Gasteiger partial charge in [-0.05, 0) is 25.9 Å². The van der Waals surface area contributed by atoms with Gasteiger partial charge in [-0.1, -0.05) is 0 Å². The fourth-order valence-corrected chi connectivity index (χ4v) is 1.71. The van der Waals surface area contributed by atoms with Crippen LogP contribution in [0.3, 0.4) is 0 Å². The number of nitrogens with zero attached hydrogens (tertiary/aromatic N) is 1. The number of anilines is 1. The lowest BCUT2D eigenvalue weighted by atomic mass is 10.1. The maximum Gasteiger partial charge on any atom is 0.256 e. The van der Waals surface area contributed by atoms with Crippen LogP contribution < -0.4 is 16.4 Å². The van der Waals surface area contributed by atoms with E-state index in [1.807, 2.05) is 0 Å². The molecule has 2 rings (SSSR count). The second-order valence-electron chi connectivity index (χ2n) is 3.70. The van der Waals surface area contributed by atoms with Crippen LogP contribution >= 0.6 is 0 Å². The Morgan fingerprint density at radius 2 is 2.27 bits per heavy atom. The number of hydrogen-bond acceptors (Lipinski definition) is 4. The number of aromatic nitrogens is 2. The zero-order valence-electron chi connectivity index (χ0n) is 8.42. The Kier molecular flexibility index (Phi) is 2.86. The standard InChI is InChI=1S/C9H15N5O/c10-8-7(5-12-14-8)9(15)13-6-1-3-11-4-2-6/h5-6,11H,1-4H2,(H,13,15)(H3,10,12,14). The Labute approximate surface area is 87.6 Å². The number of nitrogens with one attached hydrogen (secondary N) is 3. The minimum absolute atomic E-state index is 0.145. The van der Waals surface area contributed by atoms with Gasteiger partial charge in [0.05, 0.1) is 6.20 Å². The van der Waals surface area contributed by atoms with Crippen LogP contribution in [0.4, 0.5) is 5.82 Å². The van der Waals surface area contributed by atoms with Crippen LogP contribution in [0.2, 0.25) is 0 Å². The smallest absolute Gasteiger partial charge is 0.256 e. The third-order valence-electron chi connectivity index (χ3n) is 2.59. The zero-order valence-corrected chi connectivity index (χ0v) is 8.42. The third-order valence-corrected chi connectivity index (χ3v) is 2.59. The number of piperidine rings is 1. The van der Waals surface area contributed by atoms with E-state index in [1.165, 1.54) is 6.20 Å². The van der Waals surface area contributed by atoms with Gasteiger partial charge in [-0.3, -0.25) is 9.89 Å². The molecule has 82 valence electrons. The molecule has 6 heteroatoms. The first-order chi connectivity index (χ1) is 7.27. The summed E-state index contributed by atoms with van der Waals surface area (Å²) in [6.07, 6.45) is 3.37. The van der Waals surface area contributed by atoms with Crippen LogP contribution in [0, 0.1) is 0 Å². The summed E-state index contributed by atoms with van der Waals surface area (Å²) in [6.45, 7) is 1.90. The molecular weight excluding hydrogens is 194 g/mol. The minimum Gasteiger partial charge on any atom is -0.383 e. The van der Waals surface area contributed by atoms with Crippen LogP contribution in [0.5, 0.6) is 0 Å². The van der Waals surface area contributed by atoms with Gasteiger partial charge in [0.15, 0.2) is 0 Å². The van der Waals surface area contributed by atoms with Gasteiger partial charge < -0.3 is 16.4 Å². The fraction of sp³-hybridized carbons (Fsp3) is 0.556. The molecule has 0 unspecified atom stereocenters. The van der Waals surface area contributed by atoms with Gasteiger partial charge in [-0.25, -0.2) is 0 Å². The SMILES string of the molecule is Nc1[nH]ncc1C(=O)NC1CCNCC1. The summed E-state index contributed by atoms with van der Waals surface area (Å²) in [6, 6.07) is 0.244. The Morgan fingerprint density at radius 3 is 2.87 bits per heavy atom. The van der Waals surface area contributed by atoms with Crippen molar-refractivity contribution in [2.75, 3.05) is 18.8 Å². The maximum absolute atomic E-state index is 11.7. The number of carbonyl (C=O) groups is 1. The molecular formula is C9H15N5O. The van der Waals surface area contributed by atoms with Crippen molar-refractivity contribution in [3.63, 3.8) is 0 Å². The van der Waals surface area contributed by atoms with Crippen LogP contribution in [0.1, 0.15) is 23.2 Å². The van der Waals surface area contributed by atoms with E-state index in [1.54, 1.807) is 0 Å². The molecule has 1 aliphatic rings. The van der Waals surface area contributed by atoms with E-state index in [0.29, 0.717) is 11.4 Å². The molecule has 0 atom stereocenters. The minimum atomic E-state index is -0.145. The number of hydrogen-bond donors (Lipinski definition) is 4.